The summed E-state index contributed by atoms with van der Waals surface area (Å²) in [6.45, 7) is 1.57. The molecule has 0 saturated carbocycles. The van der Waals surface area contributed by atoms with Gasteiger partial charge in [0.05, 0.1) is 11.5 Å². The molecule has 0 bridgehead atoms. The first-order valence-electron chi connectivity index (χ1n) is 4.34. The van der Waals surface area contributed by atoms with Gasteiger partial charge in [0.2, 0.25) is 0 Å². The maximum absolute atomic E-state index is 11.6. The Morgan fingerprint density at radius 1 is 1.67 bits per heavy atom. The lowest BCUT2D eigenvalue weighted by atomic mass is 10.2. The molecule has 0 aliphatic carbocycles. The second kappa shape index (κ2) is 5.25. The number of aliphatic hydroxyl groups is 1. The summed E-state index contributed by atoms with van der Waals surface area (Å²) in [6, 6.07) is 0. The summed E-state index contributed by atoms with van der Waals surface area (Å²) in [5.74, 6) is -0.306. The lowest BCUT2D eigenvalue weighted by Crippen LogP contribution is -2.17. The normalized spacial score (nSPS) is 14.1. The average molecular weight is 270 g/mol. The van der Waals surface area contributed by atoms with E-state index < -0.39 is 9.84 Å². The van der Waals surface area contributed by atoms with Crippen molar-refractivity contribution in [1.29, 1.82) is 0 Å². The van der Waals surface area contributed by atoms with Crippen LogP contribution in [0.3, 0.4) is 0 Å². The summed E-state index contributed by atoms with van der Waals surface area (Å²) >= 11 is 6.76. The highest BCUT2D eigenvalue weighted by atomic mass is 35.5. The van der Waals surface area contributed by atoms with Crippen molar-refractivity contribution in [3.63, 3.8) is 0 Å². The minimum atomic E-state index is -3.18. The van der Waals surface area contributed by atoms with Crippen LogP contribution >= 0.6 is 22.9 Å². The van der Waals surface area contributed by atoms with E-state index in [0.717, 1.165) is 11.3 Å². The molecule has 4 nitrogen and oxygen atoms in total. The summed E-state index contributed by atoms with van der Waals surface area (Å²) in [4.78, 5) is 4.40. The molecule has 1 N–H and O–H groups in total. The molecular formula is C8H12ClNO3S2. The largest absolute Gasteiger partial charge is 0.396 e. The van der Waals surface area contributed by atoms with Crippen LogP contribution in [0.1, 0.15) is 11.8 Å². The van der Waals surface area contributed by atoms with Crippen LogP contribution in [0.5, 0.6) is 0 Å². The third kappa shape index (κ3) is 4.46. The van der Waals surface area contributed by atoms with E-state index in [0.29, 0.717) is 9.34 Å². The maximum atomic E-state index is 11.6. The first-order chi connectivity index (χ1) is 6.93. The molecule has 86 valence electrons. The maximum Gasteiger partial charge on any atom is 0.183 e. The van der Waals surface area contributed by atoms with E-state index in [2.05, 4.69) is 4.98 Å². The summed E-state index contributed by atoms with van der Waals surface area (Å²) in [5.41, 5.74) is 0. The average Bonchev–Trinajstić information content (AvgIpc) is 2.49. The van der Waals surface area contributed by atoms with Gasteiger partial charge in [-0.25, -0.2) is 13.4 Å². The molecule has 1 aromatic heterocycles. The van der Waals surface area contributed by atoms with E-state index in [1.807, 2.05) is 0 Å². The Morgan fingerprint density at radius 3 is 2.80 bits per heavy atom. The Bertz CT molecular complexity index is 415. The zero-order chi connectivity index (χ0) is 11.5. The molecule has 15 heavy (non-hydrogen) atoms. The van der Waals surface area contributed by atoms with Crippen LogP contribution in [0.4, 0.5) is 0 Å². The van der Waals surface area contributed by atoms with Gasteiger partial charge >= 0.3 is 0 Å². The van der Waals surface area contributed by atoms with Crippen molar-refractivity contribution in [2.75, 3.05) is 12.4 Å². The Balaban J connectivity index is 2.64. The fourth-order valence-corrected chi connectivity index (χ4v) is 4.26. The highest BCUT2D eigenvalue weighted by Crippen LogP contribution is 2.20. The van der Waals surface area contributed by atoms with Gasteiger partial charge in [-0.15, -0.1) is 11.3 Å². The number of thiazole rings is 1. The lowest BCUT2D eigenvalue weighted by molar-refractivity contribution is 0.249. The van der Waals surface area contributed by atoms with Crippen LogP contribution in [-0.4, -0.2) is 30.9 Å². The molecule has 1 rings (SSSR count). The zero-order valence-corrected chi connectivity index (χ0v) is 10.6. The van der Waals surface area contributed by atoms with E-state index >= 15 is 0 Å². The van der Waals surface area contributed by atoms with Crippen molar-refractivity contribution in [1.82, 2.24) is 4.98 Å². The molecule has 1 unspecified atom stereocenters. The highest BCUT2D eigenvalue weighted by Gasteiger charge is 2.17. The Hall–Kier alpha value is -0.170. The van der Waals surface area contributed by atoms with Crippen LogP contribution in [-0.2, 0) is 15.6 Å². The molecule has 0 saturated heterocycles. The van der Waals surface area contributed by atoms with Crippen LogP contribution < -0.4 is 0 Å². The van der Waals surface area contributed by atoms with Gasteiger partial charge in [-0.2, -0.15) is 0 Å². The number of hydrogen-bond acceptors (Lipinski definition) is 5. The van der Waals surface area contributed by atoms with E-state index in [1.54, 1.807) is 6.92 Å². The van der Waals surface area contributed by atoms with E-state index in [9.17, 15) is 8.42 Å². The van der Waals surface area contributed by atoms with Crippen molar-refractivity contribution in [3.8, 4) is 0 Å². The Labute approximate surface area is 97.8 Å². The third-order valence-electron chi connectivity index (χ3n) is 1.74. The Morgan fingerprint density at radius 2 is 2.33 bits per heavy atom. The molecule has 0 fully saturated rings. The number of nitrogens with zero attached hydrogens (tertiary/aromatic N) is 1. The lowest BCUT2D eigenvalue weighted by Gasteiger charge is -2.07. The summed E-state index contributed by atoms with van der Waals surface area (Å²) in [6.07, 6.45) is 1.47. The van der Waals surface area contributed by atoms with Crippen molar-refractivity contribution in [2.45, 2.75) is 12.7 Å². The second-order valence-electron chi connectivity index (χ2n) is 3.42. The number of hydrogen-bond donors (Lipinski definition) is 1. The molecule has 0 aliphatic heterocycles. The van der Waals surface area contributed by atoms with Crippen molar-refractivity contribution >= 4 is 32.8 Å². The van der Waals surface area contributed by atoms with Crippen molar-refractivity contribution in [3.05, 3.63) is 15.5 Å². The molecule has 0 amide bonds. The van der Waals surface area contributed by atoms with Gasteiger partial charge in [-0.3, -0.25) is 0 Å². The quantitative estimate of drug-likeness (QED) is 0.876. The minimum absolute atomic E-state index is 0.0149. The summed E-state index contributed by atoms with van der Waals surface area (Å²) in [7, 11) is -3.18. The topological polar surface area (TPSA) is 67.3 Å². The van der Waals surface area contributed by atoms with Crippen LogP contribution in [0.15, 0.2) is 6.20 Å². The van der Waals surface area contributed by atoms with Gasteiger partial charge < -0.3 is 5.11 Å². The monoisotopic (exact) mass is 269 g/mol. The van der Waals surface area contributed by atoms with Gasteiger partial charge in [0.15, 0.2) is 14.3 Å². The minimum Gasteiger partial charge on any atom is -0.396 e. The van der Waals surface area contributed by atoms with E-state index in [4.69, 9.17) is 16.7 Å². The molecule has 0 aromatic carbocycles. The zero-order valence-electron chi connectivity index (χ0n) is 8.18. The molecule has 0 spiro atoms. The SMILES string of the molecule is CC(CO)CS(=O)(=O)Cc1cnc(Cl)s1. The smallest absolute Gasteiger partial charge is 0.183 e. The summed E-state index contributed by atoms with van der Waals surface area (Å²) < 4.78 is 23.5. The molecular weight excluding hydrogens is 258 g/mol. The first kappa shape index (κ1) is 12.9. The molecule has 1 atom stereocenters. The number of aromatic nitrogens is 1. The van der Waals surface area contributed by atoms with Gasteiger partial charge in [0.25, 0.3) is 0 Å². The number of sulfone groups is 1. The predicted molar refractivity (Wildman–Crippen MR) is 60.9 cm³/mol. The van der Waals surface area contributed by atoms with E-state index in [1.165, 1.54) is 6.20 Å². The molecule has 1 aromatic rings. The van der Waals surface area contributed by atoms with Gasteiger partial charge in [-0.05, 0) is 5.92 Å². The highest BCUT2D eigenvalue weighted by molar-refractivity contribution is 7.90. The van der Waals surface area contributed by atoms with Gasteiger partial charge in [0, 0.05) is 17.7 Å². The molecule has 1 heterocycles. The van der Waals surface area contributed by atoms with Gasteiger partial charge in [0.1, 0.15) is 0 Å². The third-order valence-corrected chi connectivity index (χ3v) is 4.86. The molecule has 0 radical (unpaired) electrons. The predicted octanol–water partition coefficient (Wildman–Crippen LogP) is 1.34. The number of aliphatic hydroxyl groups excluding tert-OH is 1. The van der Waals surface area contributed by atoms with Crippen molar-refractivity contribution in [2.24, 2.45) is 5.92 Å². The molecule has 0 aliphatic rings. The van der Waals surface area contributed by atoms with Crippen molar-refractivity contribution < 1.29 is 13.5 Å². The standard InChI is InChI=1S/C8H12ClNO3S2/c1-6(3-11)4-15(12,13)5-7-2-10-8(9)14-7/h2,6,11H,3-5H2,1H3. The fraction of sp³-hybridized carbons (Fsp3) is 0.625. The summed E-state index contributed by atoms with van der Waals surface area (Å²) in [5, 5.41) is 8.77. The molecule has 7 heteroatoms. The van der Waals surface area contributed by atoms with Crippen LogP contribution in [0.25, 0.3) is 0 Å². The number of rotatable bonds is 5. The van der Waals surface area contributed by atoms with E-state index in [-0.39, 0.29) is 24.0 Å². The van der Waals surface area contributed by atoms with Crippen LogP contribution in [0.2, 0.25) is 4.47 Å². The second-order valence-corrected chi connectivity index (χ2v) is 7.23. The van der Waals surface area contributed by atoms with Crippen LogP contribution in [0, 0.1) is 5.92 Å². The Kier molecular flexibility index (Phi) is 4.51. The first-order valence-corrected chi connectivity index (χ1v) is 7.36. The van der Waals surface area contributed by atoms with Gasteiger partial charge in [-0.1, -0.05) is 18.5 Å². The fourth-order valence-electron chi connectivity index (χ4n) is 1.11. The number of halogens is 1.